The van der Waals surface area contributed by atoms with Crippen molar-refractivity contribution in [1.82, 2.24) is 0 Å². The number of hydrogen-bond acceptors (Lipinski definition) is 1. The van der Waals surface area contributed by atoms with Crippen molar-refractivity contribution < 1.29 is 0 Å². The predicted octanol–water partition coefficient (Wildman–Crippen LogP) is 15.3. The molecule has 10 aromatic carbocycles. The summed E-state index contributed by atoms with van der Waals surface area (Å²) in [6.45, 7) is 0. The third kappa shape index (κ3) is 5.93. The molecule has 0 aliphatic heterocycles. The maximum Gasteiger partial charge on any atom is 0.0468 e. The second-order valence-corrected chi connectivity index (χ2v) is 14.1. The van der Waals surface area contributed by atoms with Crippen LogP contribution in [0.5, 0.6) is 0 Å². The van der Waals surface area contributed by atoms with Crippen LogP contribution in [0.25, 0.3) is 76.8 Å². The third-order valence-corrected chi connectivity index (χ3v) is 10.9. The lowest BCUT2D eigenvalue weighted by atomic mass is 9.87. The smallest absolute Gasteiger partial charge is 0.0468 e. The maximum atomic E-state index is 2.39. The van der Waals surface area contributed by atoms with E-state index in [0.717, 1.165) is 17.1 Å². The second-order valence-electron chi connectivity index (χ2n) is 14.1. The van der Waals surface area contributed by atoms with Crippen LogP contribution in [0.4, 0.5) is 17.1 Å². The van der Waals surface area contributed by atoms with E-state index in [-0.39, 0.29) is 0 Å². The molecular formula is C54H37N. The molecule has 55 heavy (non-hydrogen) atoms. The van der Waals surface area contributed by atoms with Crippen LogP contribution in [-0.4, -0.2) is 0 Å². The zero-order chi connectivity index (χ0) is 36.6. The molecule has 0 fully saturated rings. The van der Waals surface area contributed by atoms with Crippen molar-refractivity contribution in [2.75, 3.05) is 4.90 Å². The fourth-order valence-corrected chi connectivity index (χ4v) is 8.27. The van der Waals surface area contributed by atoms with Crippen molar-refractivity contribution >= 4 is 49.4 Å². The van der Waals surface area contributed by atoms with Gasteiger partial charge in [-0.3, -0.25) is 0 Å². The molecule has 0 radical (unpaired) electrons. The van der Waals surface area contributed by atoms with E-state index in [2.05, 4.69) is 229 Å². The van der Waals surface area contributed by atoms with Gasteiger partial charge in [0.25, 0.3) is 0 Å². The molecule has 0 N–H and O–H groups in total. The summed E-state index contributed by atoms with van der Waals surface area (Å²) in [7, 11) is 0. The molecule has 0 atom stereocenters. The van der Waals surface area contributed by atoms with Crippen LogP contribution in [0.2, 0.25) is 0 Å². The summed E-state index contributed by atoms with van der Waals surface area (Å²) in [6, 6.07) is 81.4. The highest BCUT2D eigenvalue weighted by Gasteiger charge is 2.18. The van der Waals surface area contributed by atoms with Gasteiger partial charge in [0.2, 0.25) is 0 Å². The highest BCUT2D eigenvalue weighted by atomic mass is 15.1. The Bertz CT molecular complexity index is 2840. The minimum atomic E-state index is 1.10. The van der Waals surface area contributed by atoms with Crippen molar-refractivity contribution in [3.8, 4) is 44.5 Å². The predicted molar refractivity (Wildman–Crippen MR) is 235 cm³/mol. The molecule has 0 amide bonds. The van der Waals surface area contributed by atoms with E-state index in [1.165, 1.54) is 76.8 Å². The normalized spacial score (nSPS) is 11.3. The molecule has 0 saturated carbocycles. The third-order valence-electron chi connectivity index (χ3n) is 10.9. The Morgan fingerprint density at radius 1 is 0.218 bits per heavy atom. The largest absolute Gasteiger partial charge is 0.310 e. The molecule has 0 unspecified atom stereocenters. The first-order valence-corrected chi connectivity index (χ1v) is 18.9. The molecule has 0 bridgehead atoms. The topological polar surface area (TPSA) is 3.24 Å². The summed E-state index contributed by atoms with van der Waals surface area (Å²) in [4.78, 5) is 2.39. The average Bonchev–Trinajstić information content (AvgIpc) is 3.28. The molecule has 10 aromatic rings. The summed E-state index contributed by atoms with van der Waals surface area (Å²) in [5.74, 6) is 0. The van der Waals surface area contributed by atoms with E-state index in [4.69, 9.17) is 0 Å². The Kier molecular flexibility index (Phi) is 8.24. The minimum Gasteiger partial charge on any atom is -0.310 e. The summed E-state index contributed by atoms with van der Waals surface area (Å²) < 4.78 is 0. The number of benzene rings is 10. The Morgan fingerprint density at radius 2 is 0.582 bits per heavy atom. The van der Waals surface area contributed by atoms with Gasteiger partial charge in [-0.2, -0.15) is 0 Å². The molecule has 0 heterocycles. The fraction of sp³-hybridized carbons (Fsp3) is 0. The summed E-state index contributed by atoms with van der Waals surface area (Å²) in [6.07, 6.45) is 0. The van der Waals surface area contributed by atoms with Crippen LogP contribution in [0.3, 0.4) is 0 Å². The Balaban J connectivity index is 1.15. The minimum absolute atomic E-state index is 1.10. The molecule has 0 aliphatic rings. The van der Waals surface area contributed by atoms with Gasteiger partial charge in [0, 0.05) is 17.1 Å². The zero-order valence-corrected chi connectivity index (χ0v) is 30.3. The van der Waals surface area contributed by atoms with Gasteiger partial charge in [0.15, 0.2) is 0 Å². The highest BCUT2D eigenvalue weighted by molar-refractivity contribution is 6.25. The first kappa shape index (κ1) is 32.4. The Morgan fingerprint density at radius 3 is 1.07 bits per heavy atom. The lowest BCUT2D eigenvalue weighted by Crippen LogP contribution is -2.10. The molecular weight excluding hydrogens is 663 g/mol. The number of fused-ring (bicyclic) bond motifs is 6. The average molecular weight is 700 g/mol. The SMILES string of the molecule is c1ccc(-c2ccc(N(c3ccc(-c4c(-c5ccccc5)cccc4-c4ccccc4)cc3)c3ccc4c5ccccc5c5ccccc5c4c3)cc2)cc1. The summed E-state index contributed by atoms with van der Waals surface area (Å²) >= 11 is 0. The van der Waals surface area contributed by atoms with Gasteiger partial charge >= 0.3 is 0 Å². The van der Waals surface area contributed by atoms with E-state index in [0.29, 0.717) is 0 Å². The van der Waals surface area contributed by atoms with E-state index in [9.17, 15) is 0 Å². The van der Waals surface area contributed by atoms with Crippen molar-refractivity contribution in [1.29, 1.82) is 0 Å². The quantitative estimate of drug-likeness (QED) is 0.150. The first-order chi connectivity index (χ1) is 27.3. The van der Waals surface area contributed by atoms with Gasteiger partial charge in [0.1, 0.15) is 0 Å². The monoisotopic (exact) mass is 699 g/mol. The Labute approximate surface area is 322 Å². The number of anilines is 3. The van der Waals surface area contributed by atoms with Gasteiger partial charge in [-0.25, -0.2) is 0 Å². The van der Waals surface area contributed by atoms with Gasteiger partial charge in [-0.05, 0) is 113 Å². The van der Waals surface area contributed by atoms with Crippen LogP contribution >= 0.6 is 0 Å². The molecule has 0 spiro atoms. The van der Waals surface area contributed by atoms with Crippen molar-refractivity contribution in [3.63, 3.8) is 0 Å². The lowest BCUT2D eigenvalue weighted by Gasteiger charge is -2.27. The van der Waals surface area contributed by atoms with Crippen LogP contribution in [0.1, 0.15) is 0 Å². The molecule has 0 saturated heterocycles. The van der Waals surface area contributed by atoms with Crippen LogP contribution in [0, 0.1) is 0 Å². The molecule has 10 rings (SSSR count). The molecule has 258 valence electrons. The van der Waals surface area contributed by atoms with Gasteiger partial charge in [-0.1, -0.05) is 188 Å². The summed E-state index contributed by atoms with van der Waals surface area (Å²) in [5, 5.41) is 7.61. The van der Waals surface area contributed by atoms with Gasteiger partial charge < -0.3 is 4.90 Å². The van der Waals surface area contributed by atoms with E-state index < -0.39 is 0 Å². The molecule has 1 heteroatoms. The summed E-state index contributed by atoms with van der Waals surface area (Å²) in [5.41, 5.74) is 13.0. The highest BCUT2D eigenvalue weighted by Crippen LogP contribution is 2.44. The van der Waals surface area contributed by atoms with E-state index in [1.807, 2.05) is 0 Å². The molecule has 0 aliphatic carbocycles. The maximum absolute atomic E-state index is 2.39. The Hall–Kier alpha value is -7.22. The van der Waals surface area contributed by atoms with Crippen molar-refractivity contribution in [2.24, 2.45) is 0 Å². The van der Waals surface area contributed by atoms with Gasteiger partial charge in [0.05, 0.1) is 0 Å². The second kappa shape index (κ2) is 14.0. The number of hydrogen-bond donors (Lipinski definition) is 0. The van der Waals surface area contributed by atoms with E-state index in [1.54, 1.807) is 0 Å². The first-order valence-electron chi connectivity index (χ1n) is 18.9. The molecule has 0 aromatic heterocycles. The van der Waals surface area contributed by atoms with Gasteiger partial charge in [-0.15, -0.1) is 0 Å². The number of nitrogens with zero attached hydrogens (tertiary/aromatic N) is 1. The standard InChI is InChI=1S/C54H37N/c1-4-15-38(16-5-1)39-27-31-43(32-28-39)55(45-35-36-52-50-23-11-10-21-48(50)49-22-12-13-24-51(49)53(52)37-45)44-33-29-42(30-34-44)54-46(40-17-6-2-7-18-40)25-14-26-47(54)41-19-8-3-9-20-41/h1-37H. The van der Waals surface area contributed by atoms with E-state index >= 15 is 0 Å². The zero-order valence-electron chi connectivity index (χ0n) is 30.3. The van der Waals surface area contributed by atoms with Crippen molar-refractivity contribution in [3.05, 3.63) is 224 Å². The van der Waals surface area contributed by atoms with Crippen LogP contribution in [0.15, 0.2) is 224 Å². The number of rotatable bonds is 7. The lowest BCUT2D eigenvalue weighted by molar-refractivity contribution is 1.29. The van der Waals surface area contributed by atoms with Crippen LogP contribution in [-0.2, 0) is 0 Å². The van der Waals surface area contributed by atoms with Crippen LogP contribution < -0.4 is 4.90 Å². The van der Waals surface area contributed by atoms with Crippen molar-refractivity contribution in [2.45, 2.75) is 0 Å². The fourth-order valence-electron chi connectivity index (χ4n) is 8.27. The molecule has 1 nitrogen and oxygen atoms in total.